The van der Waals surface area contributed by atoms with E-state index in [1.807, 2.05) is 0 Å². The summed E-state index contributed by atoms with van der Waals surface area (Å²) in [5.41, 5.74) is 7.04. The Kier molecular flexibility index (Phi) is 3.55. The first kappa shape index (κ1) is 12.5. The molecule has 0 saturated heterocycles. The van der Waals surface area contributed by atoms with Gasteiger partial charge < -0.3 is 15.6 Å². The van der Waals surface area contributed by atoms with Crippen molar-refractivity contribution in [2.75, 3.05) is 7.11 Å². The number of hydrogen-bond donors (Lipinski definition) is 2. The van der Waals surface area contributed by atoms with Crippen LogP contribution in [0.15, 0.2) is 6.07 Å². The summed E-state index contributed by atoms with van der Waals surface area (Å²) >= 11 is 0. The number of rotatable bonds is 3. The quantitative estimate of drug-likeness (QED) is 0.762. The first-order valence-corrected chi connectivity index (χ1v) is 5.07. The monoisotopic (exact) mass is 223 g/mol. The smallest absolute Gasteiger partial charge is 0.183 e. The molecule has 0 heterocycles. The van der Waals surface area contributed by atoms with E-state index in [2.05, 4.69) is 0 Å². The number of carbonyl (C=O) groups excluding carboxylic acids is 1. The molecule has 0 aliphatic carbocycles. The molecule has 1 atom stereocenters. The largest absolute Gasteiger partial charge is 0.507 e. The molecule has 0 fully saturated rings. The Morgan fingerprint density at radius 2 is 2.06 bits per heavy atom. The molecule has 0 saturated carbocycles. The van der Waals surface area contributed by atoms with Gasteiger partial charge in [-0.25, -0.2) is 0 Å². The molecule has 1 rings (SSSR count). The molecule has 0 spiro atoms. The van der Waals surface area contributed by atoms with Gasteiger partial charge in [0.15, 0.2) is 5.78 Å². The van der Waals surface area contributed by atoms with Gasteiger partial charge in [0.2, 0.25) is 0 Å². The molecule has 16 heavy (non-hydrogen) atoms. The van der Waals surface area contributed by atoms with Gasteiger partial charge in [-0.1, -0.05) is 0 Å². The molecule has 4 heteroatoms. The van der Waals surface area contributed by atoms with Crippen LogP contribution in [0, 0.1) is 13.8 Å². The van der Waals surface area contributed by atoms with E-state index >= 15 is 0 Å². The second-order valence-corrected chi connectivity index (χ2v) is 3.90. The minimum atomic E-state index is -0.627. The van der Waals surface area contributed by atoms with Crippen LogP contribution in [0.25, 0.3) is 0 Å². The average Bonchev–Trinajstić information content (AvgIpc) is 2.23. The van der Waals surface area contributed by atoms with Gasteiger partial charge in [0, 0.05) is 5.56 Å². The highest BCUT2D eigenvalue weighted by atomic mass is 16.5. The highest BCUT2D eigenvalue weighted by Crippen LogP contribution is 2.33. The number of aromatic hydroxyl groups is 1. The molecule has 1 aromatic rings. The van der Waals surface area contributed by atoms with Crippen molar-refractivity contribution in [3.05, 3.63) is 22.8 Å². The van der Waals surface area contributed by atoms with Crippen LogP contribution < -0.4 is 10.5 Å². The molecule has 0 amide bonds. The molecule has 0 aliphatic rings. The van der Waals surface area contributed by atoms with Gasteiger partial charge in [0.25, 0.3) is 0 Å². The third-order valence-electron chi connectivity index (χ3n) is 2.58. The highest BCUT2D eigenvalue weighted by Gasteiger charge is 2.21. The van der Waals surface area contributed by atoms with Crippen LogP contribution >= 0.6 is 0 Å². The SMILES string of the molecule is COc1cc(C)c(C(=O)C(C)N)c(O)c1C. The zero-order valence-electron chi connectivity index (χ0n) is 10.00. The lowest BCUT2D eigenvalue weighted by Gasteiger charge is -2.14. The van der Waals surface area contributed by atoms with Gasteiger partial charge in [-0.05, 0) is 32.4 Å². The highest BCUT2D eigenvalue weighted by molar-refractivity contribution is 6.03. The van der Waals surface area contributed by atoms with Crippen LogP contribution in [0.4, 0.5) is 0 Å². The van der Waals surface area contributed by atoms with E-state index < -0.39 is 6.04 Å². The molecular formula is C12H17NO3. The lowest BCUT2D eigenvalue weighted by molar-refractivity contribution is 0.0964. The van der Waals surface area contributed by atoms with Crippen LogP contribution in [0.3, 0.4) is 0 Å². The predicted molar refractivity (Wildman–Crippen MR) is 62.1 cm³/mol. The van der Waals surface area contributed by atoms with Crippen molar-refractivity contribution < 1.29 is 14.6 Å². The van der Waals surface area contributed by atoms with Crippen LogP contribution in [-0.4, -0.2) is 24.0 Å². The fourth-order valence-electron chi connectivity index (χ4n) is 1.62. The van der Waals surface area contributed by atoms with Gasteiger partial charge in [-0.2, -0.15) is 0 Å². The summed E-state index contributed by atoms with van der Waals surface area (Å²) in [4.78, 5) is 11.8. The second kappa shape index (κ2) is 4.53. The Labute approximate surface area is 95.0 Å². The van der Waals surface area contributed by atoms with Crippen molar-refractivity contribution >= 4 is 5.78 Å². The van der Waals surface area contributed by atoms with E-state index in [0.717, 1.165) is 0 Å². The van der Waals surface area contributed by atoms with Crippen molar-refractivity contribution in [3.8, 4) is 11.5 Å². The van der Waals surface area contributed by atoms with E-state index in [1.165, 1.54) is 7.11 Å². The third-order valence-corrected chi connectivity index (χ3v) is 2.58. The number of benzene rings is 1. The van der Waals surface area contributed by atoms with E-state index in [9.17, 15) is 9.90 Å². The molecule has 0 radical (unpaired) electrons. The maximum atomic E-state index is 11.8. The van der Waals surface area contributed by atoms with Crippen LogP contribution in [0.5, 0.6) is 11.5 Å². The molecule has 88 valence electrons. The Hall–Kier alpha value is -1.55. The molecular weight excluding hydrogens is 206 g/mol. The summed E-state index contributed by atoms with van der Waals surface area (Å²) < 4.78 is 5.10. The lowest BCUT2D eigenvalue weighted by atomic mass is 9.96. The lowest BCUT2D eigenvalue weighted by Crippen LogP contribution is -2.27. The number of methoxy groups -OCH3 is 1. The van der Waals surface area contributed by atoms with Gasteiger partial charge >= 0.3 is 0 Å². The first-order chi connectivity index (χ1) is 7.40. The average molecular weight is 223 g/mol. The Balaban J connectivity index is 3.42. The molecule has 1 aromatic carbocycles. The zero-order valence-corrected chi connectivity index (χ0v) is 10.00. The van der Waals surface area contributed by atoms with E-state index in [0.29, 0.717) is 16.9 Å². The van der Waals surface area contributed by atoms with Crippen LogP contribution in [-0.2, 0) is 0 Å². The number of phenols is 1. The standard InChI is InChI=1S/C12H17NO3/c1-6-5-9(16-4)7(2)11(14)10(6)12(15)8(3)13/h5,8,14H,13H2,1-4H3. The summed E-state index contributed by atoms with van der Waals surface area (Å²) in [6.45, 7) is 5.05. The van der Waals surface area contributed by atoms with Crippen molar-refractivity contribution in [1.29, 1.82) is 0 Å². The van der Waals surface area contributed by atoms with Gasteiger partial charge in [-0.15, -0.1) is 0 Å². The zero-order chi connectivity index (χ0) is 12.5. The molecule has 0 aliphatic heterocycles. The van der Waals surface area contributed by atoms with Gasteiger partial charge in [0.1, 0.15) is 11.5 Å². The Morgan fingerprint density at radius 3 is 2.50 bits per heavy atom. The number of nitrogens with two attached hydrogens (primary N) is 1. The van der Waals surface area contributed by atoms with Gasteiger partial charge in [-0.3, -0.25) is 4.79 Å². The number of ether oxygens (including phenoxy) is 1. The summed E-state index contributed by atoms with van der Waals surface area (Å²) in [5.74, 6) is 0.260. The fraction of sp³-hybridized carbons (Fsp3) is 0.417. The van der Waals surface area contributed by atoms with Crippen molar-refractivity contribution in [2.45, 2.75) is 26.8 Å². The summed E-state index contributed by atoms with van der Waals surface area (Å²) in [6.07, 6.45) is 0. The van der Waals surface area contributed by atoms with Crippen molar-refractivity contribution in [3.63, 3.8) is 0 Å². The Morgan fingerprint density at radius 1 is 1.50 bits per heavy atom. The van der Waals surface area contributed by atoms with E-state index in [4.69, 9.17) is 10.5 Å². The van der Waals surface area contributed by atoms with Crippen LogP contribution in [0.2, 0.25) is 0 Å². The second-order valence-electron chi connectivity index (χ2n) is 3.90. The number of Topliss-reactive ketones (excluding diaryl/α,β-unsaturated/α-hetero) is 1. The maximum absolute atomic E-state index is 11.8. The summed E-state index contributed by atoms with van der Waals surface area (Å²) in [5, 5.41) is 9.95. The van der Waals surface area contributed by atoms with E-state index in [1.54, 1.807) is 26.8 Å². The molecule has 0 bridgehead atoms. The molecule has 3 N–H and O–H groups in total. The van der Waals surface area contributed by atoms with Crippen LogP contribution in [0.1, 0.15) is 28.4 Å². The first-order valence-electron chi connectivity index (χ1n) is 5.07. The van der Waals surface area contributed by atoms with Gasteiger partial charge in [0.05, 0.1) is 18.7 Å². The third kappa shape index (κ3) is 2.02. The number of hydrogen-bond acceptors (Lipinski definition) is 4. The summed E-state index contributed by atoms with van der Waals surface area (Å²) in [7, 11) is 1.52. The minimum Gasteiger partial charge on any atom is -0.507 e. The predicted octanol–water partition coefficient (Wildman–Crippen LogP) is 1.55. The number of aryl methyl sites for hydroxylation is 1. The Bertz CT molecular complexity index is 425. The maximum Gasteiger partial charge on any atom is 0.183 e. The fourth-order valence-corrected chi connectivity index (χ4v) is 1.62. The normalized spacial score (nSPS) is 12.3. The molecule has 0 aromatic heterocycles. The number of ketones is 1. The number of carbonyl (C=O) groups is 1. The van der Waals surface area contributed by atoms with Crippen molar-refractivity contribution in [1.82, 2.24) is 0 Å². The minimum absolute atomic E-state index is 0.0425. The summed E-state index contributed by atoms with van der Waals surface area (Å²) in [6, 6.07) is 1.10. The molecule has 4 nitrogen and oxygen atoms in total. The van der Waals surface area contributed by atoms with E-state index in [-0.39, 0.29) is 17.1 Å². The molecule has 1 unspecified atom stereocenters. The topological polar surface area (TPSA) is 72.5 Å². The van der Waals surface area contributed by atoms with Crippen molar-refractivity contribution in [2.24, 2.45) is 5.73 Å². The number of phenolic OH excluding ortho intramolecular Hbond substituents is 1.